The van der Waals surface area contributed by atoms with Crippen molar-refractivity contribution >= 4 is 5.97 Å². The van der Waals surface area contributed by atoms with Gasteiger partial charge < -0.3 is 5.11 Å². The van der Waals surface area contributed by atoms with E-state index < -0.39 is 5.97 Å². The second-order valence-electron chi connectivity index (χ2n) is 3.32. The number of carboxylic acid groups (broad SMARTS) is 1. The summed E-state index contributed by atoms with van der Waals surface area (Å²) in [6.07, 6.45) is 1.55. The second-order valence-corrected chi connectivity index (χ2v) is 3.32. The predicted octanol–water partition coefficient (Wildman–Crippen LogP) is 0.860. The van der Waals surface area contributed by atoms with E-state index in [1.165, 1.54) is 0 Å². The maximum absolute atomic E-state index is 10.6. The first-order valence-corrected chi connectivity index (χ1v) is 4.95. The molecule has 0 aliphatic carbocycles. The Hall–Kier alpha value is -1.93. The molecule has 0 aliphatic heterocycles. The van der Waals surface area contributed by atoms with Gasteiger partial charge in [0.1, 0.15) is 11.8 Å². The van der Waals surface area contributed by atoms with Gasteiger partial charge in [-0.15, -0.1) is 0 Å². The standard InChI is InChI=1S/C11H13N3O2/c1-2-14(8-11(15)16)7-9-4-3-5-13-10(9)6-12/h3-5H,2,7-8H2,1H3,(H,15,16). The summed E-state index contributed by atoms with van der Waals surface area (Å²) in [6, 6.07) is 5.52. The highest BCUT2D eigenvalue weighted by atomic mass is 16.4. The van der Waals surface area contributed by atoms with Crippen molar-refractivity contribution in [2.75, 3.05) is 13.1 Å². The summed E-state index contributed by atoms with van der Waals surface area (Å²) in [6.45, 7) is 2.90. The zero-order valence-electron chi connectivity index (χ0n) is 9.05. The van der Waals surface area contributed by atoms with E-state index in [0.29, 0.717) is 18.8 Å². The van der Waals surface area contributed by atoms with E-state index in [1.807, 2.05) is 13.0 Å². The Labute approximate surface area is 93.9 Å². The summed E-state index contributed by atoms with van der Waals surface area (Å²) in [5.74, 6) is -0.871. The minimum absolute atomic E-state index is 0.0315. The number of aromatic nitrogens is 1. The summed E-state index contributed by atoms with van der Waals surface area (Å²) >= 11 is 0. The summed E-state index contributed by atoms with van der Waals surface area (Å²) in [4.78, 5) is 16.3. The topological polar surface area (TPSA) is 77.2 Å². The SMILES string of the molecule is CCN(CC(=O)O)Cc1cccnc1C#N. The zero-order chi connectivity index (χ0) is 12.0. The van der Waals surface area contributed by atoms with Crippen LogP contribution in [-0.2, 0) is 11.3 Å². The molecule has 1 aromatic rings. The first-order valence-electron chi connectivity index (χ1n) is 4.95. The Morgan fingerprint density at radius 3 is 3.00 bits per heavy atom. The third kappa shape index (κ3) is 3.33. The van der Waals surface area contributed by atoms with Crippen molar-refractivity contribution in [3.05, 3.63) is 29.6 Å². The molecule has 0 bridgehead atoms. The van der Waals surface area contributed by atoms with Crippen LogP contribution in [0.4, 0.5) is 0 Å². The lowest BCUT2D eigenvalue weighted by atomic mass is 10.2. The first-order chi connectivity index (χ1) is 7.67. The fourth-order valence-electron chi connectivity index (χ4n) is 1.38. The fraction of sp³-hybridized carbons (Fsp3) is 0.364. The predicted molar refractivity (Wildman–Crippen MR) is 57.5 cm³/mol. The lowest BCUT2D eigenvalue weighted by Gasteiger charge is -2.18. The third-order valence-corrected chi connectivity index (χ3v) is 2.20. The van der Waals surface area contributed by atoms with E-state index in [2.05, 4.69) is 4.98 Å². The van der Waals surface area contributed by atoms with Crippen molar-refractivity contribution in [3.63, 3.8) is 0 Å². The molecule has 84 valence electrons. The third-order valence-electron chi connectivity index (χ3n) is 2.20. The van der Waals surface area contributed by atoms with Crippen molar-refractivity contribution < 1.29 is 9.90 Å². The van der Waals surface area contributed by atoms with Crippen LogP contribution in [0.25, 0.3) is 0 Å². The minimum Gasteiger partial charge on any atom is -0.480 e. The number of nitriles is 1. The molecule has 0 fully saturated rings. The number of carboxylic acids is 1. The molecule has 1 rings (SSSR count). The maximum Gasteiger partial charge on any atom is 0.317 e. The number of pyridine rings is 1. The normalized spacial score (nSPS) is 10.1. The number of rotatable bonds is 5. The van der Waals surface area contributed by atoms with E-state index in [0.717, 1.165) is 5.56 Å². The van der Waals surface area contributed by atoms with Gasteiger partial charge in [0.25, 0.3) is 0 Å². The molecule has 0 saturated carbocycles. The van der Waals surface area contributed by atoms with Gasteiger partial charge in [-0.2, -0.15) is 5.26 Å². The molecule has 0 aromatic carbocycles. The number of hydrogen-bond donors (Lipinski definition) is 1. The van der Waals surface area contributed by atoms with Gasteiger partial charge in [-0.05, 0) is 12.6 Å². The Kier molecular flexibility index (Phi) is 4.42. The van der Waals surface area contributed by atoms with Crippen LogP contribution >= 0.6 is 0 Å². The van der Waals surface area contributed by atoms with Crippen LogP contribution in [0.2, 0.25) is 0 Å². The molecule has 5 heteroatoms. The molecule has 0 spiro atoms. The molecule has 0 atom stereocenters. The molecule has 1 heterocycles. The van der Waals surface area contributed by atoms with Gasteiger partial charge in [0.2, 0.25) is 0 Å². The smallest absolute Gasteiger partial charge is 0.317 e. The number of carbonyl (C=O) groups is 1. The Bertz CT molecular complexity index is 412. The monoisotopic (exact) mass is 219 g/mol. The number of aliphatic carboxylic acids is 1. The Morgan fingerprint density at radius 2 is 2.44 bits per heavy atom. The van der Waals surface area contributed by atoms with Crippen LogP contribution in [0, 0.1) is 11.3 Å². The van der Waals surface area contributed by atoms with Gasteiger partial charge in [0, 0.05) is 18.3 Å². The van der Waals surface area contributed by atoms with Crippen LogP contribution in [0.1, 0.15) is 18.2 Å². The number of hydrogen-bond acceptors (Lipinski definition) is 4. The van der Waals surface area contributed by atoms with Crippen LogP contribution in [-0.4, -0.2) is 34.0 Å². The Balaban J connectivity index is 2.78. The molecule has 0 amide bonds. The van der Waals surface area contributed by atoms with Gasteiger partial charge in [0.15, 0.2) is 0 Å². The maximum atomic E-state index is 10.6. The number of likely N-dealkylation sites (N-methyl/N-ethyl adjacent to an activating group) is 1. The Morgan fingerprint density at radius 1 is 1.69 bits per heavy atom. The fourth-order valence-corrected chi connectivity index (χ4v) is 1.38. The van der Waals surface area contributed by atoms with E-state index in [1.54, 1.807) is 23.2 Å². The molecule has 1 aromatic heterocycles. The van der Waals surface area contributed by atoms with Crippen LogP contribution in [0.5, 0.6) is 0 Å². The summed E-state index contributed by atoms with van der Waals surface area (Å²) in [5.41, 5.74) is 1.11. The van der Waals surface area contributed by atoms with Gasteiger partial charge >= 0.3 is 5.97 Å². The molecular weight excluding hydrogens is 206 g/mol. The lowest BCUT2D eigenvalue weighted by Crippen LogP contribution is -2.29. The summed E-state index contributed by atoms with van der Waals surface area (Å²) < 4.78 is 0. The van der Waals surface area contributed by atoms with Gasteiger partial charge in [0.05, 0.1) is 6.54 Å². The molecule has 0 unspecified atom stereocenters. The van der Waals surface area contributed by atoms with E-state index in [9.17, 15) is 4.79 Å². The van der Waals surface area contributed by atoms with Crippen LogP contribution in [0.15, 0.2) is 18.3 Å². The lowest BCUT2D eigenvalue weighted by molar-refractivity contribution is -0.138. The number of nitrogens with zero attached hydrogens (tertiary/aromatic N) is 3. The van der Waals surface area contributed by atoms with Crippen LogP contribution in [0.3, 0.4) is 0 Å². The highest BCUT2D eigenvalue weighted by Gasteiger charge is 2.10. The van der Waals surface area contributed by atoms with E-state index >= 15 is 0 Å². The van der Waals surface area contributed by atoms with E-state index in [-0.39, 0.29) is 6.54 Å². The molecule has 0 aliphatic rings. The first kappa shape index (κ1) is 12.1. The van der Waals surface area contributed by atoms with Gasteiger partial charge in [-0.25, -0.2) is 4.98 Å². The summed E-state index contributed by atoms with van der Waals surface area (Å²) in [7, 11) is 0. The molecule has 0 radical (unpaired) electrons. The largest absolute Gasteiger partial charge is 0.480 e. The molecule has 5 nitrogen and oxygen atoms in total. The highest BCUT2D eigenvalue weighted by Crippen LogP contribution is 2.07. The molecule has 16 heavy (non-hydrogen) atoms. The molecule has 0 saturated heterocycles. The second kappa shape index (κ2) is 5.83. The quantitative estimate of drug-likeness (QED) is 0.794. The van der Waals surface area contributed by atoms with Gasteiger partial charge in [-0.1, -0.05) is 13.0 Å². The average Bonchev–Trinajstić information content (AvgIpc) is 2.28. The average molecular weight is 219 g/mol. The summed E-state index contributed by atoms with van der Waals surface area (Å²) in [5, 5.41) is 17.5. The van der Waals surface area contributed by atoms with Crippen molar-refractivity contribution in [1.82, 2.24) is 9.88 Å². The van der Waals surface area contributed by atoms with Crippen LogP contribution < -0.4 is 0 Å². The van der Waals surface area contributed by atoms with Gasteiger partial charge in [-0.3, -0.25) is 9.69 Å². The molecular formula is C11H13N3O2. The molecule has 1 N–H and O–H groups in total. The van der Waals surface area contributed by atoms with Crippen molar-refractivity contribution in [3.8, 4) is 6.07 Å². The van der Waals surface area contributed by atoms with Crippen molar-refractivity contribution in [2.45, 2.75) is 13.5 Å². The van der Waals surface area contributed by atoms with Crippen molar-refractivity contribution in [1.29, 1.82) is 5.26 Å². The van der Waals surface area contributed by atoms with E-state index in [4.69, 9.17) is 10.4 Å². The minimum atomic E-state index is -0.871. The van der Waals surface area contributed by atoms with Crippen molar-refractivity contribution in [2.24, 2.45) is 0 Å². The highest BCUT2D eigenvalue weighted by molar-refractivity contribution is 5.69. The zero-order valence-corrected chi connectivity index (χ0v) is 9.05.